The van der Waals surface area contributed by atoms with Crippen molar-refractivity contribution in [3.63, 3.8) is 0 Å². The molecule has 1 aliphatic rings. The van der Waals surface area contributed by atoms with Gasteiger partial charge < -0.3 is 0 Å². The van der Waals surface area contributed by atoms with Gasteiger partial charge in [-0.15, -0.1) is 12.4 Å². The van der Waals surface area contributed by atoms with Gasteiger partial charge in [-0.2, -0.15) is 0 Å². The fraction of sp³-hybridized carbons (Fsp3) is 0.562. The number of halogens is 1. The standard InChI is InChI=1S/C16H23NO.ClH/c1-3-6-15(17-11-4-5-12-17)16(18)14-9-7-13(2)8-10-14;/h7-10,15H,3-6,11-12H2,1-2H3;1H/t15-;/m1./s1. The number of Topliss-reactive ketones (excluding diaryl/α,β-unsaturated/α-hetero) is 1. The summed E-state index contributed by atoms with van der Waals surface area (Å²) in [5, 5.41) is 0. The molecule has 1 aromatic carbocycles. The van der Waals surface area contributed by atoms with E-state index in [9.17, 15) is 4.79 Å². The molecule has 1 atom stereocenters. The molecular weight excluding hydrogens is 258 g/mol. The highest BCUT2D eigenvalue weighted by molar-refractivity contribution is 6.00. The zero-order valence-electron chi connectivity index (χ0n) is 11.9. The number of nitrogens with zero attached hydrogens (tertiary/aromatic N) is 1. The summed E-state index contributed by atoms with van der Waals surface area (Å²) in [6, 6.07) is 8.09. The van der Waals surface area contributed by atoms with Gasteiger partial charge in [0.2, 0.25) is 0 Å². The molecule has 0 amide bonds. The van der Waals surface area contributed by atoms with Gasteiger partial charge in [-0.25, -0.2) is 0 Å². The van der Waals surface area contributed by atoms with Gasteiger partial charge in [0.1, 0.15) is 0 Å². The molecule has 1 saturated heterocycles. The van der Waals surface area contributed by atoms with Crippen molar-refractivity contribution in [1.82, 2.24) is 4.90 Å². The average molecular weight is 282 g/mol. The number of aryl methyl sites for hydroxylation is 1. The van der Waals surface area contributed by atoms with Crippen molar-refractivity contribution >= 4 is 18.2 Å². The van der Waals surface area contributed by atoms with Crippen LogP contribution in [0.3, 0.4) is 0 Å². The molecule has 0 N–H and O–H groups in total. The van der Waals surface area contributed by atoms with Crippen molar-refractivity contribution in [2.24, 2.45) is 0 Å². The second-order valence-electron chi connectivity index (χ2n) is 5.28. The van der Waals surface area contributed by atoms with Crippen LogP contribution in [0.5, 0.6) is 0 Å². The van der Waals surface area contributed by atoms with Crippen molar-refractivity contribution in [1.29, 1.82) is 0 Å². The number of likely N-dealkylation sites (tertiary alicyclic amines) is 1. The molecule has 19 heavy (non-hydrogen) atoms. The Balaban J connectivity index is 0.00000180. The van der Waals surface area contributed by atoms with Crippen molar-refractivity contribution in [3.05, 3.63) is 35.4 Å². The van der Waals surface area contributed by atoms with E-state index < -0.39 is 0 Å². The smallest absolute Gasteiger partial charge is 0.179 e. The molecule has 106 valence electrons. The topological polar surface area (TPSA) is 20.3 Å². The van der Waals surface area contributed by atoms with E-state index in [-0.39, 0.29) is 18.4 Å². The number of hydrogen-bond acceptors (Lipinski definition) is 2. The zero-order chi connectivity index (χ0) is 13.0. The Hall–Kier alpha value is -0.860. The van der Waals surface area contributed by atoms with Crippen molar-refractivity contribution in [3.8, 4) is 0 Å². The van der Waals surface area contributed by atoms with Gasteiger partial charge in [0, 0.05) is 5.56 Å². The maximum Gasteiger partial charge on any atom is 0.179 e. The lowest BCUT2D eigenvalue weighted by Crippen LogP contribution is -2.39. The van der Waals surface area contributed by atoms with E-state index in [0.717, 1.165) is 31.5 Å². The van der Waals surface area contributed by atoms with Crippen LogP contribution in [0, 0.1) is 6.92 Å². The summed E-state index contributed by atoms with van der Waals surface area (Å²) < 4.78 is 0. The molecule has 1 aromatic rings. The SMILES string of the molecule is CCC[C@H](C(=O)c1ccc(C)cc1)N1CCCC1.Cl. The summed E-state index contributed by atoms with van der Waals surface area (Å²) in [4.78, 5) is 15.0. The van der Waals surface area contributed by atoms with Crippen LogP contribution in [0.1, 0.15) is 48.5 Å². The Morgan fingerprint density at radius 1 is 1.21 bits per heavy atom. The van der Waals surface area contributed by atoms with E-state index in [1.165, 1.54) is 18.4 Å². The first-order valence-electron chi connectivity index (χ1n) is 7.07. The van der Waals surface area contributed by atoms with Gasteiger partial charge in [0.25, 0.3) is 0 Å². The molecule has 0 aliphatic carbocycles. The van der Waals surface area contributed by atoms with Crippen LogP contribution in [0.15, 0.2) is 24.3 Å². The predicted molar refractivity (Wildman–Crippen MR) is 82.3 cm³/mol. The van der Waals surface area contributed by atoms with Gasteiger partial charge in [-0.1, -0.05) is 43.2 Å². The molecule has 0 radical (unpaired) electrons. The molecule has 0 bridgehead atoms. The number of carbonyl (C=O) groups is 1. The van der Waals surface area contributed by atoms with Gasteiger partial charge in [-0.3, -0.25) is 9.69 Å². The first-order valence-corrected chi connectivity index (χ1v) is 7.07. The van der Waals surface area contributed by atoms with Gasteiger partial charge in [0.05, 0.1) is 6.04 Å². The molecule has 1 heterocycles. The molecule has 0 aromatic heterocycles. The Bertz CT molecular complexity index is 396. The summed E-state index contributed by atoms with van der Waals surface area (Å²) in [6.07, 6.45) is 4.52. The van der Waals surface area contributed by atoms with Crippen molar-refractivity contribution in [2.45, 2.75) is 45.6 Å². The lowest BCUT2D eigenvalue weighted by atomic mass is 9.98. The largest absolute Gasteiger partial charge is 0.293 e. The van der Waals surface area contributed by atoms with Gasteiger partial charge in [-0.05, 0) is 39.3 Å². The molecule has 2 rings (SSSR count). The van der Waals surface area contributed by atoms with Crippen LogP contribution in [-0.2, 0) is 0 Å². The van der Waals surface area contributed by atoms with E-state index in [4.69, 9.17) is 0 Å². The highest BCUT2D eigenvalue weighted by atomic mass is 35.5. The van der Waals surface area contributed by atoms with Crippen LogP contribution < -0.4 is 0 Å². The summed E-state index contributed by atoms with van der Waals surface area (Å²) in [5.41, 5.74) is 2.07. The van der Waals surface area contributed by atoms with E-state index in [1.807, 2.05) is 24.3 Å². The van der Waals surface area contributed by atoms with Crippen LogP contribution >= 0.6 is 12.4 Å². The second kappa shape index (κ2) is 7.66. The molecule has 0 saturated carbocycles. The van der Waals surface area contributed by atoms with E-state index >= 15 is 0 Å². The second-order valence-corrected chi connectivity index (χ2v) is 5.28. The Morgan fingerprint density at radius 2 is 1.79 bits per heavy atom. The third-order valence-electron chi connectivity index (χ3n) is 3.78. The predicted octanol–water partition coefficient (Wildman–Crippen LogP) is 3.86. The van der Waals surface area contributed by atoms with Crippen LogP contribution in [-0.4, -0.2) is 29.8 Å². The molecule has 3 heteroatoms. The monoisotopic (exact) mass is 281 g/mol. The number of carbonyl (C=O) groups excluding carboxylic acids is 1. The third-order valence-corrected chi connectivity index (χ3v) is 3.78. The quantitative estimate of drug-likeness (QED) is 0.764. The molecule has 1 aliphatic heterocycles. The minimum absolute atomic E-state index is 0. The maximum atomic E-state index is 12.6. The summed E-state index contributed by atoms with van der Waals surface area (Å²) >= 11 is 0. The van der Waals surface area contributed by atoms with Crippen LogP contribution in [0.4, 0.5) is 0 Å². The van der Waals surface area contributed by atoms with Crippen LogP contribution in [0.2, 0.25) is 0 Å². The first kappa shape index (κ1) is 16.2. The van der Waals surface area contributed by atoms with E-state index in [1.54, 1.807) is 0 Å². The Morgan fingerprint density at radius 3 is 2.32 bits per heavy atom. The minimum Gasteiger partial charge on any atom is -0.293 e. The Kier molecular flexibility index (Phi) is 6.53. The highest BCUT2D eigenvalue weighted by Crippen LogP contribution is 2.19. The summed E-state index contributed by atoms with van der Waals surface area (Å²) in [7, 11) is 0. The van der Waals surface area contributed by atoms with Crippen LogP contribution in [0.25, 0.3) is 0 Å². The molecular formula is C16H24ClNO. The Labute approximate surface area is 122 Å². The molecule has 0 unspecified atom stereocenters. The summed E-state index contributed by atoms with van der Waals surface area (Å²) in [6.45, 7) is 6.38. The lowest BCUT2D eigenvalue weighted by Gasteiger charge is -2.26. The fourth-order valence-electron chi connectivity index (χ4n) is 2.72. The van der Waals surface area contributed by atoms with Gasteiger partial charge >= 0.3 is 0 Å². The normalized spacial score (nSPS) is 16.9. The maximum absolute atomic E-state index is 12.6. The third kappa shape index (κ3) is 4.05. The van der Waals surface area contributed by atoms with E-state index in [0.29, 0.717) is 5.78 Å². The minimum atomic E-state index is 0. The molecule has 2 nitrogen and oxygen atoms in total. The molecule has 1 fully saturated rings. The highest BCUT2D eigenvalue weighted by Gasteiger charge is 2.27. The average Bonchev–Trinajstić information content (AvgIpc) is 2.90. The zero-order valence-corrected chi connectivity index (χ0v) is 12.7. The fourth-order valence-corrected chi connectivity index (χ4v) is 2.72. The summed E-state index contributed by atoms with van der Waals surface area (Å²) in [5.74, 6) is 0.304. The van der Waals surface area contributed by atoms with E-state index in [2.05, 4.69) is 18.7 Å². The lowest BCUT2D eigenvalue weighted by molar-refractivity contribution is 0.0837. The number of hydrogen-bond donors (Lipinski definition) is 0. The first-order chi connectivity index (χ1) is 8.72. The molecule has 0 spiro atoms. The van der Waals surface area contributed by atoms with Gasteiger partial charge in [0.15, 0.2) is 5.78 Å². The van der Waals surface area contributed by atoms with Crippen molar-refractivity contribution in [2.75, 3.05) is 13.1 Å². The van der Waals surface area contributed by atoms with Crippen molar-refractivity contribution < 1.29 is 4.79 Å². The number of rotatable bonds is 5. The number of benzene rings is 1. The number of ketones is 1.